The van der Waals surface area contributed by atoms with Crippen molar-refractivity contribution in [1.29, 1.82) is 0 Å². The minimum Gasteiger partial charge on any atom is -0.497 e. The molecule has 0 fully saturated rings. The van der Waals surface area contributed by atoms with Crippen molar-refractivity contribution in [3.63, 3.8) is 0 Å². The van der Waals surface area contributed by atoms with E-state index in [4.69, 9.17) is 18.6 Å². The molecule has 5 heteroatoms. The molecule has 0 saturated heterocycles. The molecule has 0 bridgehead atoms. The molecule has 0 radical (unpaired) electrons. The highest BCUT2D eigenvalue weighted by molar-refractivity contribution is 5.72. The van der Waals surface area contributed by atoms with E-state index < -0.39 is 5.92 Å². The molecule has 0 amide bonds. The summed E-state index contributed by atoms with van der Waals surface area (Å²) in [4.78, 5) is 11.8. The number of hydrogen-bond acceptors (Lipinski definition) is 5. The minimum absolute atomic E-state index is 0.222. The van der Waals surface area contributed by atoms with Gasteiger partial charge in [-0.05, 0) is 36.4 Å². The zero-order chi connectivity index (χ0) is 15.1. The number of furan rings is 1. The third-order valence-corrected chi connectivity index (χ3v) is 3.07. The van der Waals surface area contributed by atoms with E-state index in [1.165, 1.54) is 7.11 Å². The Kier molecular flexibility index (Phi) is 5.26. The molecule has 0 aliphatic heterocycles. The lowest BCUT2D eigenvalue weighted by Crippen LogP contribution is -2.25. The van der Waals surface area contributed by atoms with E-state index in [9.17, 15) is 4.79 Å². The van der Waals surface area contributed by atoms with Crippen molar-refractivity contribution in [2.45, 2.75) is 6.42 Å². The zero-order valence-corrected chi connectivity index (χ0v) is 12.1. The van der Waals surface area contributed by atoms with Crippen molar-refractivity contribution in [3.8, 4) is 11.5 Å². The van der Waals surface area contributed by atoms with E-state index in [1.54, 1.807) is 43.7 Å². The lowest BCUT2D eigenvalue weighted by molar-refractivity contribution is -0.146. The summed E-state index contributed by atoms with van der Waals surface area (Å²) in [7, 11) is 2.97. The lowest BCUT2D eigenvalue weighted by atomic mass is 10.1. The first-order valence-corrected chi connectivity index (χ1v) is 6.60. The average Bonchev–Trinajstić information content (AvgIpc) is 3.04. The van der Waals surface area contributed by atoms with E-state index in [-0.39, 0.29) is 12.6 Å². The Morgan fingerprint density at radius 3 is 2.43 bits per heavy atom. The summed E-state index contributed by atoms with van der Waals surface area (Å²) >= 11 is 0. The van der Waals surface area contributed by atoms with Gasteiger partial charge in [0, 0.05) is 6.42 Å². The van der Waals surface area contributed by atoms with Gasteiger partial charge in [-0.2, -0.15) is 0 Å². The van der Waals surface area contributed by atoms with Crippen LogP contribution < -0.4 is 9.47 Å². The molecule has 5 nitrogen and oxygen atoms in total. The molecule has 0 aliphatic carbocycles. The lowest BCUT2D eigenvalue weighted by Gasteiger charge is -2.14. The topological polar surface area (TPSA) is 57.9 Å². The van der Waals surface area contributed by atoms with E-state index in [2.05, 4.69) is 0 Å². The molecule has 21 heavy (non-hydrogen) atoms. The fraction of sp³-hybridized carbons (Fsp3) is 0.312. The number of hydrogen-bond donors (Lipinski definition) is 0. The molecule has 112 valence electrons. The van der Waals surface area contributed by atoms with Gasteiger partial charge in [0.15, 0.2) is 0 Å². The second-order valence-electron chi connectivity index (χ2n) is 4.49. The van der Waals surface area contributed by atoms with Gasteiger partial charge in [-0.25, -0.2) is 0 Å². The maximum Gasteiger partial charge on any atom is 0.312 e. The summed E-state index contributed by atoms with van der Waals surface area (Å²) < 4.78 is 20.8. The standard InChI is InChI=1S/C16H18O5/c1-18-13-5-7-14(8-6-13)21-11-12(16(17)19-2)10-15-4-3-9-20-15/h3-9,12H,10-11H2,1-2H3. The predicted octanol–water partition coefficient (Wildman–Crippen LogP) is 2.70. The molecule has 0 aliphatic rings. The average molecular weight is 290 g/mol. The molecular formula is C16H18O5. The van der Waals surface area contributed by atoms with Crippen LogP contribution in [0, 0.1) is 5.92 Å². The Morgan fingerprint density at radius 2 is 1.86 bits per heavy atom. The van der Waals surface area contributed by atoms with E-state index in [0.29, 0.717) is 12.2 Å². The van der Waals surface area contributed by atoms with Gasteiger partial charge in [0.2, 0.25) is 0 Å². The Morgan fingerprint density at radius 1 is 1.14 bits per heavy atom. The van der Waals surface area contributed by atoms with E-state index in [1.807, 2.05) is 6.07 Å². The zero-order valence-electron chi connectivity index (χ0n) is 12.1. The maximum absolute atomic E-state index is 11.8. The van der Waals surface area contributed by atoms with Crippen LogP contribution in [0.15, 0.2) is 47.1 Å². The van der Waals surface area contributed by atoms with Gasteiger partial charge in [-0.15, -0.1) is 0 Å². The molecule has 0 spiro atoms. The van der Waals surface area contributed by atoms with Crippen LogP contribution in [0.4, 0.5) is 0 Å². The quantitative estimate of drug-likeness (QED) is 0.734. The summed E-state index contributed by atoms with van der Waals surface area (Å²) in [5.41, 5.74) is 0. The van der Waals surface area contributed by atoms with Crippen molar-refractivity contribution in [3.05, 3.63) is 48.4 Å². The number of ether oxygens (including phenoxy) is 3. The Bertz CT molecular complexity index is 545. The summed E-state index contributed by atoms with van der Waals surface area (Å²) in [6.45, 7) is 0.222. The van der Waals surface area contributed by atoms with Crippen molar-refractivity contribution >= 4 is 5.97 Å². The van der Waals surface area contributed by atoms with Crippen LogP contribution >= 0.6 is 0 Å². The minimum atomic E-state index is -0.414. The third kappa shape index (κ3) is 4.27. The predicted molar refractivity (Wildman–Crippen MR) is 76.4 cm³/mol. The summed E-state index contributed by atoms with van der Waals surface area (Å²) in [5, 5.41) is 0. The van der Waals surface area contributed by atoms with Crippen LogP contribution in [-0.2, 0) is 16.0 Å². The second-order valence-corrected chi connectivity index (χ2v) is 4.49. The fourth-order valence-electron chi connectivity index (χ4n) is 1.92. The molecule has 2 rings (SSSR count). The summed E-state index contributed by atoms with van der Waals surface area (Å²) in [6, 6.07) is 10.8. The van der Waals surface area contributed by atoms with Gasteiger partial charge in [0.25, 0.3) is 0 Å². The highest BCUT2D eigenvalue weighted by atomic mass is 16.5. The molecule has 1 aromatic heterocycles. The Balaban J connectivity index is 1.96. The van der Waals surface area contributed by atoms with E-state index in [0.717, 1.165) is 11.5 Å². The van der Waals surface area contributed by atoms with Gasteiger partial charge in [0.1, 0.15) is 23.9 Å². The number of methoxy groups -OCH3 is 2. The van der Waals surface area contributed by atoms with Crippen LogP contribution in [0.1, 0.15) is 5.76 Å². The van der Waals surface area contributed by atoms with Crippen molar-refractivity contribution in [2.75, 3.05) is 20.8 Å². The molecule has 1 atom stereocenters. The van der Waals surface area contributed by atoms with Crippen LogP contribution in [0.5, 0.6) is 11.5 Å². The third-order valence-electron chi connectivity index (χ3n) is 3.07. The highest BCUT2D eigenvalue weighted by Gasteiger charge is 2.22. The molecule has 1 heterocycles. The Labute approximate surface area is 123 Å². The molecule has 2 aromatic rings. The van der Waals surface area contributed by atoms with Gasteiger partial charge in [-0.3, -0.25) is 4.79 Å². The van der Waals surface area contributed by atoms with E-state index >= 15 is 0 Å². The molecule has 1 unspecified atom stereocenters. The molecule has 0 N–H and O–H groups in total. The van der Waals surface area contributed by atoms with Crippen molar-refractivity contribution < 1.29 is 23.4 Å². The van der Waals surface area contributed by atoms with Gasteiger partial charge in [0.05, 0.1) is 26.4 Å². The Hall–Kier alpha value is -2.43. The van der Waals surface area contributed by atoms with Crippen LogP contribution in [0.2, 0.25) is 0 Å². The second kappa shape index (κ2) is 7.38. The van der Waals surface area contributed by atoms with Gasteiger partial charge < -0.3 is 18.6 Å². The molecular weight excluding hydrogens is 272 g/mol. The first kappa shape index (κ1) is 15.0. The number of carbonyl (C=O) groups is 1. The van der Waals surface area contributed by atoms with Crippen LogP contribution in [-0.4, -0.2) is 26.8 Å². The summed E-state index contributed by atoms with van der Waals surface area (Å²) in [5.74, 6) is 1.42. The summed E-state index contributed by atoms with van der Waals surface area (Å²) in [6.07, 6.45) is 2.02. The monoisotopic (exact) mass is 290 g/mol. The SMILES string of the molecule is COC(=O)C(COc1ccc(OC)cc1)Cc1ccco1. The molecule has 0 saturated carbocycles. The van der Waals surface area contributed by atoms with Crippen LogP contribution in [0.3, 0.4) is 0 Å². The smallest absolute Gasteiger partial charge is 0.312 e. The largest absolute Gasteiger partial charge is 0.497 e. The van der Waals surface area contributed by atoms with Crippen LogP contribution in [0.25, 0.3) is 0 Å². The normalized spacial score (nSPS) is 11.7. The molecule has 1 aromatic carbocycles. The number of rotatable bonds is 7. The van der Waals surface area contributed by atoms with Crippen molar-refractivity contribution in [1.82, 2.24) is 0 Å². The maximum atomic E-state index is 11.8. The van der Waals surface area contributed by atoms with Gasteiger partial charge >= 0.3 is 5.97 Å². The van der Waals surface area contributed by atoms with Crippen molar-refractivity contribution in [2.24, 2.45) is 5.92 Å². The fourth-order valence-corrected chi connectivity index (χ4v) is 1.92. The van der Waals surface area contributed by atoms with Gasteiger partial charge in [-0.1, -0.05) is 0 Å². The number of benzene rings is 1. The highest BCUT2D eigenvalue weighted by Crippen LogP contribution is 2.19. The number of carbonyl (C=O) groups excluding carboxylic acids is 1. The first-order valence-electron chi connectivity index (χ1n) is 6.60. The first-order chi connectivity index (χ1) is 10.2. The number of esters is 1.